The maximum absolute atomic E-state index is 6.15. The van der Waals surface area contributed by atoms with Crippen molar-refractivity contribution in [1.29, 1.82) is 0 Å². The van der Waals surface area contributed by atoms with Gasteiger partial charge in [0.05, 0.1) is 30.0 Å². The Labute approximate surface area is 121 Å². The second kappa shape index (κ2) is 5.55. The number of pyridine rings is 1. The molecule has 1 aromatic carbocycles. The van der Waals surface area contributed by atoms with Gasteiger partial charge >= 0.3 is 0 Å². The van der Waals surface area contributed by atoms with Crippen LogP contribution in [0.5, 0.6) is 11.5 Å². The van der Waals surface area contributed by atoms with Crippen LogP contribution in [0.4, 0.5) is 5.82 Å². The minimum absolute atomic E-state index is 0.221. The molecule has 4 nitrogen and oxygen atoms in total. The maximum Gasteiger partial charge on any atom is 0.143 e. The second-order valence-electron chi connectivity index (χ2n) is 3.75. The van der Waals surface area contributed by atoms with Gasteiger partial charge in [0.25, 0.3) is 0 Å². The number of benzene rings is 1. The van der Waals surface area contributed by atoms with Gasteiger partial charge < -0.3 is 15.2 Å². The van der Waals surface area contributed by atoms with Gasteiger partial charge in [0.15, 0.2) is 0 Å². The van der Waals surface area contributed by atoms with E-state index in [0.717, 1.165) is 5.56 Å². The molecule has 1 aromatic heterocycles. The monoisotopic (exact) mass is 298 g/mol. The average molecular weight is 299 g/mol. The number of rotatable bonds is 3. The molecule has 0 radical (unpaired) electrons. The first-order chi connectivity index (χ1) is 9.06. The van der Waals surface area contributed by atoms with Crippen LogP contribution in [-0.4, -0.2) is 19.2 Å². The zero-order valence-corrected chi connectivity index (χ0v) is 11.9. The Bertz CT molecular complexity index is 618. The molecule has 0 fully saturated rings. The number of methoxy groups -OCH3 is 2. The topological polar surface area (TPSA) is 57.4 Å². The second-order valence-corrected chi connectivity index (χ2v) is 4.57. The molecule has 2 aromatic rings. The Morgan fingerprint density at radius 2 is 1.79 bits per heavy atom. The summed E-state index contributed by atoms with van der Waals surface area (Å²) in [6.07, 6.45) is 0. The van der Waals surface area contributed by atoms with Crippen molar-refractivity contribution in [3.8, 4) is 22.8 Å². The smallest absolute Gasteiger partial charge is 0.143 e. The summed E-state index contributed by atoms with van der Waals surface area (Å²) in [6, 6.07) is 6.91. The molecule has 0 saturated heterocycles. The number of hydrogen-bond donors (Lipinski definition) is 1. The Kier molecular flexibility index (Phi) is 4.02. The molecule has 1 heterocycles. The first-order valence-corrected chi connectivity index (χ1v) is 6.16. The quantitative estimate of drug-likeness (QED) is 0.939. The predicted octanol–water partition coefficient (Wildman–Crippen LogP) is 3.65. The van der Waals surface area contributed by atoms with E-state index in [2.05, 4.69) is 4.98 Å². The molecule has 2 rings (SSSR count). The highest BCUT2D eigenvalue weighted by atomic mass is 35.5. The lowest BCUT2D eigenvalue weighted by molar-refractivity contribution is 0.395. The summed E-state index contributed by atoms with van der Waals surface area (Å²) in [5.41, 5.74) is 6.94. The highest BCUT2D eigenvalue weighted by Gasteiger charge is 2.14. The third-order valence-electron chi connectivity index (χ3n) is 2.62. The van der Waals surface area contributed by atoms with E-state index in [9.17, 15) is 0 Å². The summed E-state index contributed by atoms with van der Waals surface area (Å²) in [4.78, 5) is 4.20. The van der Waals surface area contributed by atoms with Crippen LogP contribution < -0.4 is 15.2 Å². The van der Waals surface area contributed by atoms with Crippen molar-refractivity contribution in [3.63, 3.8) is 0 Å². The molecular weight excluding hydrogens is 287 g/mol. The van der Waals surface area contributed by atoms with E-state index in [1.165, 1.54) is 0 Å². The van der Waals surface area contributed by atoms with E-state index >= 15 is 0 Å². The first kappa shape index (κ1) is 13.8. The summed E-state index contributed by atoms with van der Waals surface area (Å²) in [7, 11) is 3.14. The molecule has 19 heavy (non-hydrogen) atoms. The summed E-state index contributed by atoms with van der Waals surface area (Å²) >= 11 is 12.0. The van der Waals surface area contributed by atoms with Crippen molar-refractivity contribution in [1.82, 2.24) is 4.98 Å². The van der Waals surface area contributed by atoms with Gasteiger partial charge in [0.1, 0.15) is 17.3 Å². The van der Waals surface area contributed by atoms with Crippen molar-refractivity contribution in [2.45, 2.75) is 0 Å². The van der Waals surface area contributed by atoms with Crippen LogP contribution in [0, 0.1) is 0 Å². The molecule has 0 unspecified atom stereocenters. The molecule has 0 aliphatic rings. The minimum atomic E-state index is 0.221. The standard InChI is InChI=1S/C13H12Cl2N2O2/c1-18-7-3-4-8(11(5-7)19-2)12-9(14)6-10(15)13(16)17-12/h3-6H,1-2H3,(H2,16,17). The number of hydrogen-bond acceptors (Lipinski definition) is 4. The average Bonchev–Trinajstić information content (AvgIpc) is 2.42. The lowest BCUT2D eigenvalue weighted by atomic mass is 10.1. The maximum atomic E-state index is 6.15. The fraction of sp³-hybridized carbons (Fsp3) is 0.154. The van der Waals surface area contributed by atoms with Crippen molar-refractivity contribution >= 4 is 29.0 Å². The van der Waals surface area contributed by atoms with E-state index in [1.54, 1.807) is 38.5 Å². The van der Waals surface area contributed by atoms with E-state index in [4.69, 9.17) is 38.4 Å². The summed E-state index contributed by atoms with van der Waals surface area (Å²) in [5, 5.41) is 0.726. The molecule has 0 spiro atoms. The zero-order valence-electron chi connectivity index (χ0n) is 10.4. The van der Waals surface area contributed by atoms with Gasteiger partial charge in [-0.25, -0.2) is 4.98 Å². The van der Waals surface area contributed by atoms with Gasteiger partial charge in [-0.15, -0.1) is 0 Å². The minimum Gasteiger partial charge on any atom is -0.497 e. The molecule has 0 aliphatic carbocycles. The van der Waals surface area contributed by atoms with Gasteiger partial charge in [-0.3, -0.25) is 0 Å². The highest BCUT2D eigenvalue weighted by molar-refractivity contribution is 6.37. The van der Waals surface area contributed by atoms with Crippen LogP contribution in [0.2, 0.25) is 10.0 Å². The number of aromatic nitrogens is 1. The normalized spacial score (nSPS) is 10.3. The van der Waals surface area contributed by atoms with Crippen LogP contribution in [-0.2, 0) is 0 Å². The number of nitrogen functional groups attached to an aromatic ring is 1. The third-order valence-corrected chi connectivity index (χ3v) is 3.21. The summed E-state index contributed by atoms with van der Waals surface area (Å²) in [6.45, 7) is 0. The van der Waals surface area contributed by atoms with Crippen LogP contribution in [0.25, 0.3) is 11.3 Å². The molecule has 0 bridgehead atoms. The van der Waals surface area contributed by atoms with Gasteiger partial charge in [0.2, 0.25) is 0 Å². The third kappa shape index (κ3) is 2.69. The van der Waals surface area contributed by atoms with Gasteiger partial charge in [-0.05, 0) is 18.2 Å². The Hall–Kier alpha value is -1.65. The molecule has 100 valence electrons. The van der Waals surface area contributed by atoms with Crippen LogP contribution >= 0.6 is 23.2 Å². The number of anilines is 1. The molecule has 0 saturated carbocycles. The fourth-order valence-electron chi connectivity index (χ4n) is 1.66. The molecule has 0 amide bonds. The molecule has 0 aliphatic heterocycles. The summed E-state index contributed by atoms with van der Waals surface area (Å²) in [5.74, 6) is 1.49. The number of nitrogens with two attached hydrogens (primary N) is 1. The Morgan fingerprint density at radius 1 is 1.05 bits per heavy atom. The van der Waals surface area contributed by atoms with E-state index in [1.807, 2.05) is 0 Å². The molecule has 6 heteroatoms. The summed E-state index contributed by atoms with van der Waals surface area (Å²) < 4.78 is 10.5. The van der Waals surface area contributed by atoms with Crippen LogP contribution in [0.1, 0.15) is 0 Å². The molecular formula is C13H12Cl2N2O2. The highest BCUT2D eigenvalue weighted by Crippen LogP contribution is 2.37. The van der Waals surface area contributed by atoms with Gasteiger partial charge in [-0.1, -0.05) is 23.2 Å². The lowest BCUT2D eigenvalue weighted by Gasteiger charge is -2.12. The first-order valence-electron chi connectivity index (χ1n) is 5.40. The number of ether oxygens (including phenoxy) is 2. The largest absolute Gasteiger partial charge is 0.497 e. The van der Waals surface area contributed by atoms with Crippen LogP contribution in [0.15, 0.2) is 24.3 Å². The number of nitrogens with zero attached hydrogens (tertiary/aromatic N) is 1. The van der Waals surface area contributed by atoms with Crippen molar-refractivity contribution in [2.24, 2.45) is 0 Å². The van der Waals surface area contributed by atoms with Crippen molar-refractivity contribution in [2.75, 3.05) is 20.0 Å². The Morgan fingerprint density at radius 3 is 2.42 bits per heavy atom. The van der Waals surface area contributed by atoms with Gasteiger partial charge in [-0.2, -0.15) is 0 Å². The fourth-order valence-corrected chi connectivity index (χ4v) is 2.12. The zero-order chi connectivity index (χ0) is 14.0. The van der Waals surface area contributed by atoms with Crippen molar-refractivity contribution in [3.05, 3.63) is 34.3 Å². The van der Waals surface area contributed by atoms with Crippen molar-refractivity contribution < 1.29 is 9.47 Å². The number of halogens is 2. The Balaban J connectivity index is 2.61. The van der Waals surface area contributed by atoms with Gasteiger partial charge in [0, 0.05) is 11.6 Å². The molecule has 0 atom stereocenters. The van der Waals surface area contributed by atoms with Crippen LogP contribution in [0.3, 0.4) is 0 Å². The predicted molar refractivity (Wildman–Crippen MR) is 77.2 cm³/mol. The van der Waals surface area contributed by atoms with E-state index < -0.39 is 0 Å². The SMILES string of the molecule is COc1ccc(-c2nc(N)c(Cl)cc2Cl)c(OC)c1. The lowest BCUT2D eigenvalue weighted by Crippen LogP contribution is -1.97. The van der Waals surface area contributed by atoms with E-state index in [-0.39, 0.29) is 5.82 Å². The van der Waals surface area contributed by atoms with E-state index in [0.29, 0.717) is 27.2 Å². The molecule has 2 N–H and O–H groups in total.